The molecule has 1 aromatic carbocycles. The molecule has 1 heterocycles. The fourth-order valence-electron chi connectivity index (χ4n) is 1.39. The number of pyridine rings is 1. The Hall–Kier alpha value is -0.320. The quantitative estimate of drug-likeness (QED) is 0.652. The molecule has 0 spiro atoms. The van der Waals surface area contributed by atoms with E-state index in [-0.39, 0.29) is 0 Å². The van der Waals surface area contributed by atoms with Gasteiger partial charge in [0, 0.05) is 15.3 Å². The molecule has 0 unspecified atom stereocenters. The first-order valence-electron chi connectivity index (χ1n) is 4.66. The van der Waals surface area contributed by atoms with Gasteiger partial charge in [-0.05, 0) is 47.2 Å². The number of aromatic nitrogens is 1. The van der Waals surface area contributed by atoms with Crippen LogP contribution in [0.25, 0.3) is 11.3 Å². The predicted molar refractivity (Wildman–Crippen MR) is 77.1 cm³/mol. The van der Waals surface area contributed by atoms with E-state index in [1.807, 2.05) is 31.3 Å². The van der Waals surface area contributed by atoms with Crippen molar-refractivity contribution in [2.45, 2.75) is 6.92 Å². The van der Waals surface area contributed by atoms with Crippen LogP contribution >= 0.6 is 45.8 Å². The highest BCUT2D eigenvalue weighted by Gasteiger charge is 2.08. The van der Waals surface area contributed by atoms with E-state index in [0.29, 0.717) is 10.0 Å². The van der Waals surface area contributed by atoms with Gasteiger partial charge in [-0.25, -0.2) is 0 Å². The zero-order valence-electron chi connectivity index (χ0n) is 8.47. The number of rotatable bonds is 1. The molecule has 0 N–H and O–H groups in total. The number of benzene rings is 1. The minimum atomic E-state index is 0.553. The smallest absolute Gasteiger partial charge is 0.0720 e. The standard InChI is InChI=1S/C12H8Cl2IN/c1-7-5-11(16-6-10(7)15)8-3-2-4-9(13)12(8)14/h2-6H,1H3. The zero-order valence-corrected chi connectivity index (χ0v) is 12.1. The van der Waals surface area contributed by atoms with Crippen LogP contribution in [0.2, 0.25) is 10.0 Å². The van der Waals surface area contributed by atoms with Gasteiger partial charge in [0.15, 0.2) is 0 Å². The molecule has 0 saturated carbocycles. The topological polar surface area (TPSA) is 12.9 Å². The van der Waals surface area contributed by atoms with Gasteiger partial charge in [-0.15, -0.1) is 0 Å². The van der Waals surface area contributed by atoms with E-state index in [0.717, 1.165) is 14.8 Å². The molecular formula is C12H8Cl2IN. The first-order valence-corrected chi connectivity index (χ1v) is 6.49. The summed E-state index contributed by atoms with van der Waals surface area (Å²) in [5, 5.41) is 1.11. The van der Waals surface area contributed by atoms with Gasteiger partial charge >= 0.3 is 0 Å². The third-order valence-corrected chi connectivity index (χ3v) is 4.22. The molecule has 0 aliphatic heterocycles. The Morgan fingerprint density at radius 3 is 2.69 bits per heavy atom. The minimum absolute atomic E-state index is 0.553. The van der Waals surface area contributed by atoms with Gasteiger partial charge in [0.25, 0.3) is 0 Å². The van der Waals surface area contributed by atoms with Crippen molar-refractivity contribution in [1.29, 1.82) is 0 Å². The average molecular weight is 364 g/mol. The molecule has 1 nitrogen and oxygen atoms in total. The first-order chi connectivity index (χ1) is 7.59. The van der Waals surface area contributed by atoms with Gasteiger partial charge in [-0.3, -0.25) is 4.98 Å². The largest absolute Gasteiger partial charge is 0.255 e. The van der Waals surface area contributed by atoms with Crippen LogP contribution in [-0.4, -0.2) is 4.98 Å². The normalized spacial score (nSPS) is 10.5. The highest BCUT2D eigenvalue weighted by Crippen LogP contribution is 2.32. The van der Waals surface area contributed by atoms with Crippen LogP contribution < -0.4 is 0 Å². The van der Waals surface area contributed by atoms with Gasteiger partial charge < -0.3 is 0 Å². The minimum Gasteiger partial charge on any atom is -0.255 e. The molecule has 0 bridgehead atoms. The number of hydrogen-bond donors (Lipinski definition) is 0. The van der Waals surface area contributed by atoms with Crippen LogP contribution in [-0.2, 0) is 0 Å². The van der Waals surface area contributed by atoms with Crippen LogP contribution in [0.5, 0.6) is 0 Å². The van der Waals surface area contributed by atoms with Gasteiger partial charge in [-0.2, -0.15) is 0 Å². The Bertz CT molecular complexity index is 541. The summed E-state index contributed by atoms with van der Waals surface area (Å²) in [6, 6.07) is 7.58. The van der Waals surface area contributed by atoms with Crippen molar-refractivity contribution in [3.05, 3.63) is 49.6 Å². The summed E-state index contributed by atoms with van der Waals surface area (Å²) in [7, 11) is 0. The number of nitrogens with zero attached hydrogens (tertiary/aromatic N) is 1. The lowest BCUT2D eigenvalue weighted by molar-refractivity contribution is 1.26. The van der Waals surface area contributed by atoms with Crippen LogP contribution in [0, 0.1) is 10.5 Å². The maximum atomic E-state index is 6.15. The van der Waals surface area contributed by atoms with E-state index in [1.165, 1.54) is 5.56 Å². The van der Waals surface area contributed by atoms with Crippen molar-refractivity contribution in [2.75, 3.05) is 0 Å². The third-order valence-electron chi connectivity index (χ3n) is 2.27. The van der Waals surface area contributed by atoms with Gasteiger partial charge in [-0.1, -0.05) is 35.3 Å². The molecule has 1 aromatic heterocycles. The van der Waals surface area contributed by atoms with E-state index in [1.54, 1.807) is 6.07 Å². The maximum absolute atomic E-state index is 6.15. The van der Waals surface area contributed by atoms with Crippen LogP contribution in [0.3, 0.4) is 0 Å². The molecule has 0 aliphatic carbocycles. The monoisotopic (exact) mass is 363 g/mol. The van der Waals surface area contributed by atoms with Gasteiger partial charge in [0.2, 0.25) is 0 Å². The fraction of sp³-hybridized carbons (Fsp3) is 0.0833. The third kappa shape index (κ3) is 2.34. The predicted octanol–water partition coefficient (Wildman–Crippen LogP) is 4.97. The molecule has 0 aliphatic rings. The Morgan fingerprint density at radius 2 is 2.00 bits per heavy atom. The van der Waals surface area contributed by atoms with Crippen molar-refractivity contribution in [3.63, 3.8) is 0 Å². The molecule has 2 aromatic rings. The SMILES string of the molecule is Cc1cc(-c2cccc(Cl)c2Cl)ncc1I. The molecular weight excluding hydrogens is 356 g/mol. The van der Waals surface area contributed by atoms with Crippen LogP contribution in [0.4, 0.5) is 0 Å². The van der Waals surface area contributed by atoms with E-state index in [2.05, 4.69) is 27.6 Å². The van der Waals surface area contributed by atoms with E-state index in [9.17, 15) is 0 Å². The summed E-state index contributed by atoms with van der Waals surface area (Å²) in [6.45, 7) is 2.05. The molecule has 0 fully saturated rings. The Morgan fingerprint density at radius 1 is 1.25 bits per heavy atom. The Balaban J connectivity index is 2.59. The molecule has 0 amide bonds. The highest BCUT2D eigenvalue weighted by atomic mass is 127. The summed E-state index contributed by atoms with van der Waals surface area (Å²) < 4.78 is 1.14. The summed E-state index contributed by atoms with van der Waals surface area (Å²) >= 11 is 14.4. The number of aryl methyl sites for hydroxylation is 1. The lowest BCUT2D eigenvalue weighted by Crippen LogP contribution is -1.89. The highest BCUT2D eigenvalue weighted by molar-refractivity contribution is 14.1. The van der Waals surface area contributed by atoms with Crippen molar-refractivity contribution in [2.24, 2.45) is 0 Å². The van der Waals surface area contributed by atoms with E-state index >= 15 is 0 Å². The van der Waals surface area contributed by atoms with E-state index in [4.69, 9.17) is 23.2 Å². The second-order valence-corrected chi connectivity index (χ2v) is 5.37. The molecule has 0 saturated heterocycles. The number of hydrogen-bond acceptors (Lipinski definition) is 1. The average Bonchev–Trinajstić information content (AvgIpc) is 2.26. The summed E-state index contributed by atoms with van der Waals surface area (Å²) in [5.74, 6) is 0. The second kappa shape index (κ2) is 4.90. The Labute approximate surface area is 118 Å². The van der Waals surface area contributed by atoms with Gasteiger partial charge in [0.1, 0.15) is 0 Å². The van der Waals surface area contributed by atoms with Crippen LogP contribution in [0.15, 0.2) is 30.5 Å². The fourth-order valence-corrected chi connectivity index (χ4v) is 2.08. The lowest BCUT2D eigenvalue weighted by atomic mass is 10.1. The lowest BCUT2D eigenvalue weighted by Gasteiger charge is -2.06. The molecule has 0 atom stereocenters. The van der Waals surface area contributed by atoms with Crippen molar-refractivity contribution in [3.8, 4) is 11.3 Å². The summed E-state index contributed by atoms with van der Waals surface area (Å²) in [6.07, 6.45) is 1.84. The first kappa shape index (κ1) is 12.1. The van der Waals surface area contributed by atoms with Crippen molar-refractivity contribution >= 4 is 45.8 Å². The number of halogens is 3. The summed E-state index contributed by atoms with van der Waals surface area (Å²) in [5.41, 5.74) is 2.90. The Kier molecular flexibility index (Phi) is 3.72. The molecule has 82 valence electrons. The second-order valence-electron chi connectivity index (χ2n) is 3.42. The van der Waals surface area contributed by atoms with E-state index < -0.39 is 0 Å². The molecule has 4 heteroatoms. The van der Waals surface area contributed by atoms with Crippen LogP contribution in [0.1, 0.15) is 5.56 Å². The van der Waals surface area contributed by atoms with Crippen molar-refractivity contribution < 1.29 is 0 Å². The molecule has 16 heavy (non-hydrogen) atoms. The molecule has 0 radical (unpaired) electrons. The van der Waals surface area contributed by atoms with Gasteiger partial charge in [0.05, 0.1) is 15.7 Å². The van der Waals surface area contributed by atoms with Crippen molar-refractivity contribution in [1.82, 2.24) is 4.98 Å². The zero-order chi connectivity index (χ0) is 11.7. The summed E-state index contributed by atoms with van der Waals surface area (Å²) in [4.78, 5) is 4.36. The molecule has 2 rings (SSSR count). The maximum Gasteiger partial charge on any atom is 0.0720 e.